The summed E-state index contributed by atoms with van der Waals surface area (Å²) >= 11 is 0. The van der Waals surface area contributed by atoms with E-state index in [1.807, 2.05) is 13.8 Å². The molecule has 122 valence electrons. The number of hydrogen-bond acceptors (Lipinski definition) is 2. The number of carbonyl (C=O) groups is 2. The summed E-state index contributed by atoms with van der Waals surface area (Å²) in [4.78, 5) is 25.8. The molecule has 0 atom stereocenters. The topological polar surface area (TPSA) is 49.4 Å². The number of hydrogen-bond donors (Lipinski definition) is 1. The molecule has 1 aliphatic heterocycles. The molecule has 0 aliphatic carbocycles. The number of nitrogens with one attached hydrogen (secondary N) is 1. The molecule has 4 heteroatoms. The number of imide groups is 1. The van der Waals surface area contributed by atoms with Crippen LogP contribution in [0.3, 0.4) is 0 Å². The van der Waals surface area contributed by atoms with E-state index < -0.39 is 5.54 Å². The highest BCUT2D eigenvalue weighted by molar-refractivity contribution is 6.06. The van der Waals surface area contributed by atoms with E-state index in [2.05, 4.69) is 12.2 Å². The van der Waals surface area contributed by atoms with Crippen molar-refractivity contribution in [3.05, 3.63) is 0 Å². The zero-order valence-electron chi connectivity index (χ0n) is 14.0. The van der Waals surface area contributed by atoms with Gasteiger partial charge in [-0.2, -0.15) is 0 Å². The Morgan fingerprint density at radius 3 is 1.90 bits per heavy atom. The maximum absolute atomic E-state index is 12.0. The molecular weight excluding hydrogens is 264 g/mol. The molecule has 0 unspecified atom stereocenters. The van der Waals surface area contributed by atoms with Crippen molar-refractivity contribution >= 4 is 11.9 Å². The zero-order chi connectivity index (χ0) is 15.7. The number of nitrogens with zero attached hydrogens (tertiary/aromatic N) is 1. The molecule has 0 aromatic rings. The van der Waals surface area contributed by atoms with Crippen LogP contribution in [0.5, 0.6) is 0 Å². The van der Waals surface area contributed by atoms with Gasteiger partial charge in [-0.05, 0) is 19.3 Å². The van der Waals surface area contributed by atoms with Gasteiger partial charge in [-0.25, -0.2) is 4.79 Å². The molecule has 1 heterocycles. The van der Waals surface area contributed by atoms with Gasteiger partial charge in [0.15, 0.2) is 0 Å². The highest BCUT2D eigenvalue weighted by atomic mass is 16.2. The summed E-state index contributed by atoms with van der Waals surface area (Å²) in [5, 5.41) is 2.48. The minimum absolute atomic E-state index is 0.114. The average Bonchev–Trinajstić information content (AvgIpc) is 2.72. The van der Waals surface area contributed by atoms with Gasteiger partial charge in [0.25, 0.3) is 5.91 Å². The minimum Gasteiger partial charge on any atom is -0.310 e. The van der Waals surface area contributed by atoms with Crippen LogP contribution in [-0.4, -0.2) is 28.9 Å². The molecule has 1 aliphatic rings. The molecule has 0 saturated carbocycles. The lowest BCUT2D eigenvalue weighted by Gasteiger charge is -2.33. The second kappa shape index (κ2) is 9.06. The Morgan fingerprint density at radius 2 is 1.38 bits per heavy atom. The van der Waals surface area contributed by atoms with Crippen molar-refractivity contribution in [2.24, 2.45) is 0 Å². The molecule has 4 nitrogen and oxygen atoms in total. The van der Waals surface area contributed by atoms with Crippen LogP contribution in [0, 0.1) is 0 Å². The van der Waals surface area contributed by atoms with Crippen LogP contribution in [0.25, 0.3) is 0 Å². The highest BCUT2D eigenvalue weighted by Gasteiger charge is 2.49. The third-order valence-corrected chi connectivity index (χ3v) is 4.81. The van der Waals surface area contributed by atoms with Gasteiger partial charge in [0.2, 0.25) is 0 Å². The Bertz CT molecular complexity index is 338. The Morgan fingerprint density at radius 1 is 0.857 bits per heavy atom. The van der Waals surface area contributed by atoms with E-state index in [1.54, 1.807) is 4.90 Å². The van der Waals surface area contributed by atoms with E-state index in [-0.39, 0.29) is 11.9 Å². The van der Waals surface area contributed by atoms with E-state index >= 15 is 0 Å². The first-order valence-electron chi connectivity index (χ1n) is 8.75. The molecule has 0 bridgehead atoms. The number of rotatable bonds is 11. The quantitative estimate of drug-likeness (QED) is 0.458. The first-order valence-corrected chi connectivity index (χ1v) is 8.75. The van der Waals surface area contributed by atoms with Crippen molar-refractivity contribution < 1.29 is 9.59 Å². The van der Waals surface area contributed by atoms with Crippen LogP contribution in [0.15, 0.2) is 0 Å². The fourth-order valence-corrected chi connectivity index (χ4v) is 3.27. The number of unbranched alkanes of at least 4 members (excludes halogenated alkanes) is 7. The third kappa shape index (κ3) is 4.45. The van der Waals surface area contributed by atoms with Crippen LogP contribution in [0.2, 0.25) is 0 Å². The largest absolute Gasteiger partial charge is 0.325 e. The molecule has 0 spiro atoms. The first-order chi connectivity index (χ1) is 10.1. The van der Waals surface area contributed by atoms with Gasteiger partial charge in [0.05, 0.1) is 0 Å². The Hall–Kier alpha value is -1.06. The Labute approximate surface area is 129 Å². The van der Waals surface area contributed by atoms with Crippen molar-refractivity contribution in [3.8, 4) is 0 Å². The number of carbonyl (C=O) groups excluding carboxylic acids is 2. The van der Waals surface area contributed by atoms with Gasteiger partial charge in [0.1, 0.15) is 5.54 Å². The predicted octanol–water partition coefficient (Wildman–Crippen LogP) is 4.24. The van der Waals surface area contributed by atoms with Crippen LogP contribution < -0.4 is 5.32 Å². The van der Waals surface area contributed by atoms with Crippen LogP contribution >= 0.6 is 0 Å². The fourth-order valence-electron chi connectivity index (χ4n) is 3.27. The van der Waals surface area contributed by atoms with Crippen LogP contribution in [0.4, 0.5) is 4.79 Å². The highest BCUT2D eigenvalue weighted by Crippen LogP contribution is 2.29. The van der Waals surface area contributed by atoms with Gasteiger partial charge < -0.3 is 4.90 Å². The fraction of sp³-hybridized carbons (Fsp3) is 0.882. The summed E-state index contributed by atoms with van der Waals surface area (Å²) in [5.41, 5.74) is -0.599. The Kier molecular flexibility index (Phi) is 7.76. The maximum Gasteiger partial charge on any atom is 0.325 e. The third-order valence-electron chi connectivity index (χ3n) is 4.81. The Balaban J connectivity index is 2.30. The second-order valence-corrected chi connectivity index (χ2v) is 6.12. The maximum atomic E-state index is 12.0. The van der Waals surface area contributed by atoms with E-state index in [0.29, 0.717) is 19.4 Å². The second-order valence-electron chi connectivity index (χ2n) is 6.12. The van der Waals surface area contributed by atoms with Gasteiger partial charge in [-0.3, -0.25) is 10.1 Å². The average molecular weight is 296 g/mol. The SMILES string of the molecule is CCCCCCCCCCN1C(=O)NC(=O)C1(CC)CC. The summed E-state index contributed by atoms with van der Waals surface area (Å²) in [5.74, 6) is -0.114. The van der Waals surface area contributed by atoms with Gasteiger partial charge in [0, 0.05) is 6.54 Å². The molecular formula is C17H32N2O2. The van der Waals surface area contributed by atoms with E-state index in [0.717, 1.165) is 12.8 Å². The van der Waals surface area contributed by atoms with E-state index in [4.69, 9.17) is 0 Å². The molecule has 0 aromatic carbocycles. The molecule has 1 N–H and O–H groups in total. The van der Waals surface area contributed by atoms with Gasteiger partial charge >= 0.3 is 6.03 Å². The lowest BCUT2D eigenvalue weighted by molar-refractivity contribution is -0.127. The van der Waals surface area contributed by atoms with Crippen molar-refractivity contribution in [2.45, 2.75) is 90.5 Å². The van der Waals surface area contributed by atoms with Crippen LogP contribution in [-0.2, 0) is 4.79 Å². The van der Waals surface area contributed by atoms with Crippen LogP contribution in [0.1, 0.15) is 85.0 Å². The minimum atomic E-state index is -0.599. The molecule has 1 fully saturated rings. The predicted molar refractivity (Wildman–Crippen MR) is 86.2 cm³/mol. The van der Waals surface area contributed by atoms with Gasteiger partial charge in [-0.15, -0.1) is 0 Å². The van der Waals surface area contributed by atoms with Gasteiger partial charge in [-0.1, -0.05) is 65.7 Å². The first kappa shape index (κ1) is 18.0. The summed E-state index contributed by atoms with van der Waals surface area (Å²) in [6.45, 7) is 6.91. The summed E-state index contributed by atoms with van der Waals surface area (Å²) in [6.07, 6.45) is 11.3. The summed E-state index contributed by atoms with van der Waals surface area (Å²) in [7, 11) is 0. The monoisotopic (exact) mass is 296 g/mol. The molecule has 1 rings (SSSR count). The smallest absolute Gasteiger partial charge is 0.310 e. The van der Waals surface area contributed by atoms with Crippen molar-refractivity contribution in [1.29, 1.82) is 0 Å². The molecule has 0 radical (unpaired) electrons. The standard InChI is InChI=1S/C17H32N2O2/c1-4-7-8-9-10-11-12-13-14-19-16(21)18-15(20)17(19,5-2)6-3/h4-14H2,1-3H3,(H,18,20,21). The number of amides is 3. The van der Waals surface area contributed by atoms with E-state index in [9.17, 15) is 9.59 Å². The summed E-state index contributed by atoms with van der Waals surface area (Å²) in [6, 6.07) is -0.202. The van der Waals surface area contributed by atoms with Crippen molar-refractivity contribution in [1.82, 2.24) is 10.2 Å². The lowest BCUT2D eigenvalue weighted by atomic mass is 9.91. The lowest BCUT2D eigenvalue weighted by Crippen LogP contribution is -2.49. The van der Waals surface area contributed by atoms with Crippen molar-refractivity contribution in [3.63, 3.8) is 0 Å². The zero-order valence-corrected chi connectivity index (χ0v) is 14.0. The normalized spacial score (nSPS) is 17.4. The number of urea groups is 1. The van der Waals surface area contributed by atoms with E-state index in [1.165, 1.54) is 38.5 Å². The molecule has 21 heavy (non-hydrogen) atoms. The molecule has 0 aromatic heterocycles. The molecule has 3 amide bonds. The van der Waals surface area contributed by atoms with Crippen molar-refractivity contribution in [2.75, 3.05) is 6.54 Å². The summed E-state index contributed by atoms with van der Waals surface area (Å²) < 4.78 is 0. The molecule has 1 saturated heterocycles.